The highest BCUT2D eigenvalue weighted by Crippen LogP contribution is 2.15. The molecule has 0 amide bonds. The summed E-state index contributed by atoms with van der Waals surface area (Å²) in [5, 5.41) is 3.58. The van der Waals surface area contributed by atoms with Gasteiger partial charge in [-0.1, -0.05) is 44.2 Å². The van der Waals surface area contributed by atoms with E-state index in [-0.39, 0.29) is 0 Å². The molecular weight excluding hydrogens is 246 g/mol. The lowest BCUT2D eigenvalue weighted by Crippen LogP contribution is -2.28. The standard InChI is InChI=1S/C18H25NO/c1-15(2)13-19-14-17(12-18-9-6-10-20-18)11-16-7-4-3-5-8-16/h3-10,15,17,19H,11-14H2,1-2H3. The first-order valence-electron chi connectivity index (χ1n) is 7.51. The van der Waals surface area contributed by atoms with Gasteiger partial charge in [0.05, 0.1) is 6.26 Å². The molecule has 0 bridgehead atoms. The largest absolute Gasteiger partial charge is 0.469 e. The fourth-order valence-electron chi connectivity index (χ4n) is 2.45. The van der Waals surface area contributed by atoms with Crippen molar-refractivity contribution in [1.82, 2.24) is 5.32 Å². The molecule has 2 aromatic rings. The van der Waals surface area contributed by atoms with E-state index >= 15 is 0 Å². The molecule has 1 N–H and O–H groups in total. The van der Waals surface area contributed by atoms with E-state index in [1.165, 1.54) is 5.56 Å². The topological polar surface area (TPSA) is 25.2 Å². The average molecular weight is 271 g/mol. The third-order valence-electron chi connectivity index (χ3n) is 3.42. The Hall–Kier alpha value is -1.54. The first kappa shape index (κ1) is 14.9. The van der Waals surface area contributed by atoms with Crippen LogP contribution in [0.2, 0.25) is 0 Å². The molecule has 2 rings (SSSR count). The molecule has 0 fully saturated rings. The van der Waals surface area contributed by atoms with Crippen LogP contribution >= 0.6 is 0 Å². The van der Waals surface area contributed by atoms with Crippen LogP contribution in [0.25, 0.3) is 0 Å². The van der Waals surface area contributed by atoms with Crippen LogP contribution in [0.1, 0.15) is 25.2 Å². The molecule has 2 heteroatoms. The van der Waals surface area contributed by atoms with Gasteiger partial charge < -0.3 is 9.73 Å². The summed E-state index contributed by atoms with van der Waals surface area (Å²) in [6.07, 6.45) is 3.84. The fourth-order valence-corrected chi connectivity index (χ4v) is 2.45. The molecule has 0 aliphatic rings. The highest BCUT2D eigenvalue weighted by atomic mass is 16.3. The van der Waals surface area contributed by atoms with Crippen molar-refractivity contribution in [3.05, 3.63) is 60.1 Å². The van der Waals surface area contributed by atoms with Crippen molar-refractivity contribution in [2.75, 3.05) is 13.1 Å². The van der Waals surface area contributed by atoms with Crippen molar-refractivity contribution in [1.29, 1.82) is 0 Å². The smallest absolute Gasteiger partial charge is 0.104 e. The van der Waals surface area contributed by atoms with Crippen LogP contribution in [-0.4, -0.2) is 13.1 Å². The lowest BCUT2D eigenvalue weighted by molar-refractivity contribution is 0.404. The van der Waals surface area contributed by atoms with Gasteiger partial charge in [-0.25, -0.2) is 0 Å². The maximum absolute atomic E-state index is 5.50. The number of hydrogen-bond donors (Lipinski definition) is 1. The molecule has 2 nitrogen and oxygen atoms in total. The predicted molar refractivity (Wildman–Crippen MR) is 83.8 cm³/mol. The van der Waals surface area contributed by atoms with E-state index in [4.69, 9.17) is 4.42 Å². The van der Waals surface area contributed by atoms with Gasteiger partial charge in [0.2, 0.25) is 0 Å². The monoisotopic (exact) mass is 271 g/mol. The second-order valence-electron chi connectivity index (χ2n) is 5.89. The second kappa shape index (κ2) is 7.91. The molecular formula is C18H25NO. The third-order valence-corrected chi connectivity index (χ3v) is 3.42. The van der Waals surface area contributed by atoms with Crippen molar-refractivity contribution in [3.8, 4) is 0 Å². The molecule has 108 valence electrons. The van der Waals surface area contributed by atoms with Gasteiger partial charge in [-0.05, 0) is 49.0 Å². The SMILES string of the molecule is CC(C)CNCC(Cc1ccccc1)Cc1ccco1. The Morgan fingerprint density at radius 1 is 0.950 bits per heavy atom. The highest BCUT2D eigenvalue weighted by molar-refractivity contribution is 5.16. The van der Waals surface area contributed by atoms with Crippen molar-refractivity contribution in [3.63, 3.8) is 0 Å². The molecule has 0 aliphatic heterocycles. The van der Waals surface area contributed by atoms with Gasteiger partial charge in [0.25, 0.3) is 0 Å². The molecule has 0 saturated carbocycles. The van der Waals surface area contributed by atoms with Crippen LogP contribution in [0.5, 0.6) is 0 Å². The lowest BCUT2D eigenvalue weighted by Gasteiger charge is -2.18. The predicted octanol–water partition coefficient (Wildman–Crippen LogP) is 3.93. The summed E-state index contributed by atoms with van der Waals surface area (Å²) in [6, 6.07) is 14.7. The molecule has 0 spiro atoms. The summed E-state index contributed by atoms with van der Waals surface area (Å²) in [6.45, 7) is 6.59. The van der Waals surface area contributed by atoms with Crippen LogP contribution in [0.4, 0.5) is 0 Å². The molecule has 1 unspecified atom stereocenters. The summed E-state index contributed by atoms with van der Waals surface area (Å²) < 4.78 is 5.50. The van der Waals surface area contributed by atoms with Gasteiger partial charge in [-0.3, -0.25) is 0 Å². The molecule has 1 atom stereocenters. The zero-order valence-corrected chi connectivity index (χ0v) is 12.5. The fraction of sp³-hybridized carbons (Fsp3) is 0.444. The summed E-state index contributed by atoms with van der Waals surface area (Å²) in [5.74, 6) is 2.34. The zero-order chi connectivity index (χ0) is 14.2. The van der Waals surface area contributed by atoms with Crippen molar-refractivity contribution >= 4 is 0 Å². The van der Waals surface area contributed by atoms with Crippen LogP contribution < -0.4 is 5.32 Å². The van der Waals surface area contributed by atoms with Gasteiger partial charge in [-0.2, -0.15) is 0 Å². The number of rotatable bonds is 8. The Bertz CT molecular complexity index is 461. The molecule has 1 heterocycles. The summed E-state index contributed by atoms with van der Waals surface area (Å²) in [7, 11) is 0. The summed E-state index contributed by atoms with van der Waals surface area (Å²) >= 11 is 0. The maximum atomic E-state index is 5.50. The van der Waals surface area contributed by atoms with Crippen LogP contribution in [0.15, 0.2) is 53.1 Å². The first-order valence-corrected chi connectivity index (χ1v) is 7.51. The van der Waals surface area contributed by atoms with Gasteiger partial charge in [0.15, 0.2) is 0 Å². The van der Waals surface area contributed by atoms with Crippen molar-refractivity contribution in [2.24, 2.45) is 11.8 Å². The molecule has 20 heavy (non-hydrogen) atoms. The number of hydrogen-bond acceptors (Lipinski definition) is 2. The van der Waals surface area contributed by atoms with E-state index in [1.54, 1.807) is 6.26 Å². The van der Waals surface area contributed by atoms with Gasteiger partial charge in [-0.15, -0.1) is 0 Å². The Labute approximate surface area is 122 Å². The number of benzene rings is 1. The van der Waals surface area contributed by atoms with Crippen molar-refractivity contribution in [2.45, 2.75) is 26.7 Å². The molecule has 0 saturated heterocycles. The van der Waals surface area contributed by atoms with E-state index < -0.39 is 0 Å². The van der Waals surface area contributed by atoms with Crippen LogP contribution in [0, 0.1) is 11.8 Å². The third kappa shape index (κ3) is 5.22. The van der Waals surface area contributed by atoms with E-state index in [9.17, 15) is 0 Å². The highest BCUT2D eigenvalue weighted by Gasteiger charge is 2.12. The zero-order valence-electron chi connectivity index (χ0n) is 12.5. The molecule has 1 aromatic heterocycles. The number of nitrogens with one attached hydrogen (secondary N) is 1. The Morgan fingerprint density at radius 2 is 1.75 bits per heavy atom. The number of furan rings is 1. The van der Waals surface area contributed by atoms with E-state index in [2.05, 4.69) is 55.6 Å². The Kier molecular flexibility index (Phi) is 5.87. The first-order chi connectivity index (χ1) is 9.74. The van der Waals surface area contributed by atoms with E-state index in [0.717, 1.165) is 31.7 Å². The van der Waals surface area contributed by atoms with Gasteiger partial charge >= 0.3 is 0 Å². The van der Waals surface area contributed by atoms with Gasteiger partial charge in [0, 0.05) is 6.42 Å². The summed E-state index contributed by atoms with van der Waals surface area (Å²) in [4.78, 5) is 0. The molecule has 0 aliphatic carbocycles. The minimum absolute atomic E-state index is 0.572. The van der Waals surface area contributed by atoms with Gasteiger partial charge in [0.1, 0.15) is 5.76 Å². The van der Waals surface area contributed by atoms with Crippen molar-refractivity contribution < 1.29 is 4.42 Å². The Morgan fingerprint density at radius 3 is 2.40 bits per heavy atom. The average Bonchev–Trinajstić information content (AvgIpc) is 2.92. The molecule has 1 aromatic carbocycles. The summed E-state index contributed by atoms with van der Waals surface area (Å²) in [5.41, 5.74) is 1.40. The normalized spacial score (nSPS) is 12.8. The minimum atomic E-state index is 0.572. The quantitative estimate of drug-likeness (QED) is 0.787. The van der Waals surface area contributed by atoms with Crippen LogP contribution in [0.3, 0.4) is 0 Å². The minimum Gasteiger partial charge on any atom is -0.469 e. The maximum Gasteiger partial charge on any atom is 0.104 e. The lowest BCUT2D eigenvalue weighted by atomic mass is 9.95. The van der Waals surface area contributed by atoms with Crippen LogP contribution in [-0.2, 0) is 12.8 Å². The Balaban J connectivity index is 1.92. The molecule has 0 radical (unpaired) electrons. The van der Waals surface area contributed by atoms with E-state index in [0.29, 0.717) is 11.8 Å². The van der Waals surface area contributed by atoms with E-state index in [1.807, 2.05) is 6.07 Å². The second-order valence-corrected chi connectivity index (χ2v) is 5.89.